The van der Waals surface area contributed by atoms with Crippen molar-refractivity contribution in [3.8, 4) is 0 Å². The summed E-state index contributed by atoms with van der Waals surface area (Å²) in [4.78, 5) is 25.6. The van der Waals surface area contributed by atoms with Gasteiger partial charge in [0.1, 0.15) is 5.65 Å². The molecule has 3 rings (SSSR count). The van der Waals surface area contributed by atoms with Gasteiger partial charge in [0.2, 0.25) is 5.91 Å². The number of pyridine rings is 1. The van der Waals surface area contributed by atoms with E-state index >= 15 is 0 Å². The number of aromatic nitrogens is 4. The first-order chi connectivity index (χ1) is 12.6. The van der Waals surface area contributed by atoms with Gasteiger partial charge < -0.3 is 9.72 Å². The molecule has 0 fully saturated rings. The lowest BCUT2D eigenvalue weighted by Crippen LogP contribution is -2.26. The van der Waals surface area contributed by atoms with Crippen molar-refractivity contribution in [2.75, 3.05) is 12.8 Å². The molecule has 3 heterocycles. The van der Waals surface area contributed by atoms with Crippen LogP contribution in [-0.4, -0.2) is 38.1 Å². The summed E-state index contributed by atoms with van der Waals surface area (Å²) >= 11 is 1.53. The highest BCUT2D eigenvalue weighted by Gasteiger charge is 2.10. The molecule has 136 valence electrons. The number of fused-ring (bicyclic) bond motifs is 1. The average Bonchev–Trinajstić information content (AvgIpc) is 3.03. The van der Waals surface area contributed by atoms with Crippen LogP contribution in [-0.2, 0) is 17.6 Å². The minimum absolute atomic E-state index is 0.0431. The predicted octanol–water partition coefficient (Wildman–Crippen LogP) is 2.75. The van der Waals surface area contributed by atoms with Gasteiger partial charge in [-0.1, -0.05) is 17.8 Å². The zero-order valence-electron chi connectivity index (χ0n) is 15.3. The maximum Gasteiger partial charge on any atom is 0.220 e. The van der Waals surface area contributed by atoms with Crippen molar-refractivity contribution >= 4 is 23.3 Å². The van der Waals surface area contributed by atoms with E-state index in [1.54, 1.807) is 0 Å². The smallest absolute Gasteiger partial charge is 0.220 e. The summed E-state index contributed by atoms with van der Waals surface area (Å²) in [5.74, 6) is 0.0431. The molecule has 1 N–H and O–H groups in total. The van der Waals surface area contributed by atoms with Crippen LogP contribution in [0.3, 0.4) is 0 Å². The third kappa shape index (κ3) is 4.40. The zero-order valence-corrected chi connectivity index (χ0v) is 16.1. The Hall–Kier alpha value is -2.41. The molecule has 0 atom stereocenters. The van der Waals surface area contributed by atoms with E-state index in [0.717, 1.165) is 39.9 Å². The summed E-state index contributed by atoms with van der Waals surface area (Å²) in [5.41, 5.74) is 4.88. The second-order valence-electron chi connectivity index (χ2n) is 6.16. The van der Waals surface area contributed by atoms with Crippen molar-refractivity contribution in [2.24, 2.45) is 0 Å². The number of nitrogens with zero attached hydrogens (tertiary/aromatic N) is 4. The molecule has 26 heavy (non-hydrogen) atoms. The highest BCUT2D eigenvalue weighted by molar-refractivity contribution is 7.98. The van der Waals surface area contributed by atoms with Crippen molar-refractivity contribution in [3.05, 3.63) is 53.2 Å². The SMILES string of the molecule is CSc1nc(C)c(CCC(=O)NCCc2cn3ccccc3n2)c(C)n1. The molecule has 0 saturated heterocycles. The summed E-state index contributed by atoms with van der Waals surface area (Å²) in [6.07, 6.45) is 7.75. The van der Waals surface area contributed by atoms with Crippen molar-refractivity contribution < 1.29 is 4.79 Å². The first-order valence-corrected chi connectivity index (χ1v) is 9.86. The normalized spacial score (nSPS) is 11.0. The second-order valence-corrected chi connectivity index (χ2v) is 6.93. The lowest BCUT2D eigenvalue weighted by Gasteiger charge is -2.10. The topological polar surface area (TPSA) is 72.2 Å². The molecule has 6 nitrogen and oxygen atoms in total. The van der Waals surface area contributed by atoms with E-state index in [0.29, 0.717) is 19.4 Å². The van der Waals surface area contributed by atoms with Gasteiger partial charge in [-0.05, 0) is 44.2 Å². The highest BCUT2D eigenvalue weighted by atomic mass is 32.2. The number of nitrogens with one attached hydrogen (secondary N) is 1. The Kier molecular flexibility index (Phi) is 5.88. The first-order valence-electron chi connectivity index (χ1n) is 8.64. The minimum atomic E-state index is 0.0431. The van der Waals surface area contributed by atoms with E-state index in [4.69, 9.17) is 0 Å². The Labute approximate surface area is 157 Å². The van der Waals surface area contributed by atoms with Gasteiger partial charge in [-0.25, -0.2) is 15.0 Å². The van der Waals surface area contributed by atoms with Crippen LogP contribution < -0.4 is 5.32 Å². The fourth-order valence-electron chi connectivity index (χ4n) is 2.93. The van der Waals surface area contributed by atoms with Gasteiger partial charge in [0, 0.05) is 43.2 Å². The lowest BCUT2D eigenvalue weighted by molar-refractivity contribution is -0.121. The lowest BCUT2D eigenvalue weighted by atomic mass is 10.1. The standard InChI is InChI=1S/C19H23N5OS/c1-13-16(14(2)22-19(21-13)26-3)7-8-18(25)20-10-9-15-12-24-11-5-4-6-17(24)23-15/h4-6,11-12H,7-10H2,1-3H3,(H,20,25). The number of hydrogen-bond donors (Lipinski definition) is 1. The first kappa shape index (κ1) is 18.4. The Morgan fingerprint density at radius 2 is 1.92 bits per heavy atom. The minimum Gasteiger partial charge on any atom is -0.356 e. The van der Waals surface area contributed by atoms with Gasteiger partial charge in [-0.3, -0.25) is 4.79 Å². The van der Waals surface area contributed by atoms with Crippen LogP contribution in [0.5, 0.6) is 0 Å². The van der Waals surface area contributed by atoms with Crippen LogP contribution in [0.4, 0.5) is 0 Å². The molecule has 0 unspecified atom stereocenters. The van der Waals surface area contributed by atoms with Gasteiger partial charge >= 0.3 is 0 Å². The van der Waals surface area contributed by atoms with E-state index in [9.17, 15) is 4.79 Å². The molecule has 3 aromatic heterocycles. The number of aryl methyl sites for hydroxylation is 2. The van der Waals surface area contributed by atoms with Crippen LogP contribution >= 0.6 is 11.8 Å². The summed E-state index contributed by atoms with van der Waals surface area (Å²) < 4.78 is 1.99. The highest BCUT2D eigenvalue weighted by Crippen LogP contribution is 2.17. The molecule has 7 heteroatoms. The Morgan fingerprint density at radius 3 is 2.62 bits per heavy atom. The summed E-state index contributed by atoms with van der Waals surface area (Å²) in [6.45, 7) is 4.54. The number of thioether (sulfide) groups is 1. The molecular weight excluding hydrogens is 346 g/mol. The molecule has 0 aliphatic rings. The molecule has 0 aliphatic heterocycles. The van der Waals surface area contributed by atoms with Crippen LogP contribution in [0.2, 0.25) is 0 Å². The predicted molar refractivity (Wildman–Crippen MR) is 104 cm³/mol. The summed E-state index contributed by atoms with van der Waals surface area (Å²) in [5, 5.41) is 3.75. The van der Waals surface area contributed by atoms with E-state index in [-0.39, 0.29) is 5.91 Å². The van der Waals surface area contributed by atoms with E-state index in [2.05, 4.69) is 20.3 Å². The second kappa shape index (κ2) is 8.31. The molecule has 1 amide bonds. The van der Waals surface area contributed by atoms with E-state index in [1.165, 1.54) is 11.8 Å². The number of rotatable bonds is 7. The largest absolute Gasteiger partial charge is 0.356 e. The number of amides is 1. The van der Waals surface area contributed by atoms with Crippen LogP contribution in [0, 0.1) is 13.8 Å². The summed E-state index contributed by atoms with van der Waals surface area (Å²) in [7, 11) is 0. The van der Waals surface area contributed by atoms with E-state index < -0.39 is 0 Å². The number of imidazole rings is 1. The van der Waals surface area contributed by atoms with Crippen molar-refractivity contribution in [2.45, 2.75) is 38.3 Å². The average molecular weight is 369 g/mol. The third-order valence-electron chi connectivity index (χ3n) is 4.30. The molecule has 0 spiro atoms. The maximum atomic E-state index is 12.1. The Bertz CT molecular complexity index is 865. The monoisotopic (exact) mass is 369 g/mol. The molecule has 3 aromatic rings. The fourth-order valence-corrected chi connectivity index (χ4v) is 3.38. The molecule has 0 radical (unpaired) electrons. The number of carbonyl (C=O) groups is 1. The van der Waals surface area contributed by atoms with E-state index in [1.807, 2.05) is 55.1 Å². The molecule has 0 bridgehead atoms. The van der Waals surface area contributed by atoms with Crippen LogP contribution in [0.15, 0.2) is 35.7 Å². The maximum absolute atomic E-state index is 12.1. The zero-order chi connectivity index (χ0) is 18.5. The summed E-state index contributed by atoms with van der Waals surface area (Å²) in [6, 6.07) is 5.91. The third-order valence-corrected chi connectivity index (χ3v) is 4.85. The van der Waals surface area contributed by atoms with Gasteiger partial charge in [0.25, 0.3) is 0 Å². The quantitative estimate of drug-likeness (QED) is 0.512. The Morgan fingerprint density at radius 1 is 1.15 bits per heavy atom. The Balaban J connectivity index is 1.48. The van der Waals surface area contributed by atoms with Gasteiger partial charge in [0.15, 0.2) is 5.16 Å². The van der Waals surface area contributed by atoms with Gasteiger partial charge in [-0.2, -0.15) is 0 Å². The van der Waals surface area contributed by atoms with Gasteiger partial charge in [0.05, 0.1) is 5.69 Å². The van der Waals surface area contributed by atoms with Crippen LogP contribution in [0.1, 0.15) is 29.1 Å². The van der Waals surface area contributed by atoms with Crippen molar-refractivity contribution in [1.29, 1.82) is 0 Å². The van der Waals surface area contributed by atoms with Crippen LogP contribution in [0.25, 0.3) is 5.65 Å². The van der Waals surface area contributed by atoms with Gasteiger partial charge in [-0.15, -0.1) is 0 Å². The molecular formula is C19H23N5OS. The number of hydrogen-bond acceptors (Lipinski definition) is 5. The van der Waals surface area contributed by atoms with Crippen molar-refractivity contribution in [3.63, 3.8) is 0 Å². The van der Waals surface area contributed by atoms with Crippen molar-refractivity contribution in [1.82, 2.24) is 24.7 Å². The number of carbonyl (C=O) groups excluding carboxylic acids is 1. The fraction of sp³-hybridized carbons (Fsp3) is 0.368. The molecule has 0 saturated carbocycles. The molecule has 0 aliphatic carbocycles. The molecule has 0 aromatic carbocycles.